The van der Waals surface area contributed by atoms with Crippen molar-refractivity contribution in [3.05, 3.63) is 24.4 Å². The van der Waals surface area contributed by atoms with E-state index < -0.39 is 0 Å². The summed E-state index contributed by atoms with van der Waals surface area (Å²) in [7, 11) is 0. The van der Waals surface area contributed by atoms with Crippen LogP contribution in [0.25, 0.3) is 10.9 Å². The lowest BCUT2D eigenvalue weighted by atomic mass is 10.2. The van der Waals surface area contributed by atoms with E-state index in [9.17, 15) is 0 Å². The number of hydrogen-bond donors (Lipinski definition) is 2. The van der Waals surface area contributed by atoms with Crippen molar-refractivity contribution in [1.29, 1.82) is 0 Å². The van der Waals surface area contributed by atoms with E-state index >= 15 is 0 Å². The lowest BCUT2D eigenvalue weighted by Gasteiger charge is -2.03. The molecule has 74 valence electrons. The fourth-order valence-electron chi connectivity index (χ4n) is 1.28. The van der Waals surface area contributed by atoms with Gasteiger partial charge in [0.25, 0.3) is 0 Å². The molecule has 5 heteroatoms. The largest absolute Gasteiger partial charge is 0.398 e. The lowest BCUT2D eigenvalue weighted by Crippen LogP contribution is -2.16. The zero-order chi connectivity index (χ0) is 9.97. The van der Waals surface area contributed by atoms with Gasteiger partial charge in [0.1, 0.15) is 12.1 Å². The standard InChI is InChI=1S/C9H11N3O2/c10-8-2-1-3-9-7(8)6-11-12(9)14-5-4-13/h1-3,6,13H,4-5,10H2. The first-order valence-electron chi connectivity index (χ1n) is 4.29. The monoisotopic (exact) mass is 193 g/mol. The minimum Gasteiger partial charge on any atom is -0.398 e. The summed E-state index contributed by atoms with van der Waals surface area (Å²) < 4.78 is 0. The third kappa shape index (κ3) is 1.38. The summed E-state index contributed by atoms with van der Waals surface area (Å²) in [5, 5.41) is 13.5. The molecule has 0 bridgehead atoms. The van der Waals surface area contributed by atoms with Gasteiger partial charge in [-0.2, -0.15) is 0 Å². The first kappa shape index (κ1) is 8.83. The average Bonchev–Trinajstić information content (AvgIpc) is 2.60. The normalized spacial score (nSPS) is 10.6. The van der Waals surface area contributed by atoms with E-state index in [1.807, 2.05) is 12.1 Å². The number of aliphatic hydroxyl groups is 1. The predicted molar refractivity (Wildman–Crippen MR) is 52.7 cm³/mol. The van der Waals surface area contributed by atoms with Crippen molar-refractivity contribution in [3.8, 4) is 0 Å². The lowest BCUT2D eigenvalue weighted by molar-refractivity contribution is 0.0616. The zero-order valence-corrected chi connectivity index (χ0v) is 7.55. The van der Waals surface area contributed by atoms with Gasteiger partial charge in [0.05, 0.1) is 12.8 Å². The number of anilines is 1. The quantitative estimate of drug-likeness (QED) is 0.675. The van der Waals surface area contributed by atoms with Gasteiger partial charge in [-0.05, 0) is 12.1 Å². The van der Waals surface area contributed by atoms with E-state index in [1.54, 1.807) is 12.3 Å². The Morgan fingerprint density at radius 3 is 3.14 bits per heavy atom. The van der Waals surface area contributed by atoms with E-state index in [1.165, 1.54) is 4.85 Å². The minimum absolute atomic E-state index is 0.0380. The molecule has 14 heavy (non-hydrogen) atoms. The second-order valence-electron chi connectivity index (χ2n) is 2.85. The van der Waals surface area contributed by atoms with Crippen molar-refractivity contribution in [1.82, 2.24) is 9.94 Å². The smallest absolute Gasteiger partial charge is 0.140 e. The number of fused-ring (bicyclic) bond motifs is 1. The van der Waals surface area contributed by atoms with Crippen molar-refractivity contribution in [2.24, 2.45) is 0 Å². The Bertz CT molecular complexity index is 439. The zero-order valence-electron chi connectivity index (χ0n) is 7.55. The van der Waals surface area contributed by atoms with Gasteiger partial charge in [0.15, 0.2) is 0 Å². The van der Waals surface area contributed by atoms with Gasteiger partial charge in [0.2, 0.25) is 0 Å². The van der Waals surface area contributed by atoms with Crippen LogP contribution in [0.15, 0.2) is 24.4 Å². The van der Waals surface area contributed by atoms with Crippen molar-refractivity contribution in [2.45, 2.75) is 0 Å². The highest BCUT2D eigenvalue weighted by Crippen LogP contribution is 2.18. The molecular formula is C9H11N3O2. The number of nitrogens with zero attached hydrogens (tertiary/aromatic N) is 2. The molecule has 0 aliphatic heterocycles. The number of rotatable bonds is 3. The molecule has 0 fully saturated rings. The number of aliphatic hydroxyl groups excluding tert-OH is 1. The topological polar surface area (TPSA) is 73.3 Å². The van der Waals surface area contributed by atoms with Gasteiger partial charge in [-0.1, -0.05) is 10.9 Å². The minimum atomic E-state index is -0.0380. The molecule has 0 radical (unpaired) electrons. The maximum atomic E-state index is 8.60. The third-order valence-corrected chi connectivity index (χ3v) is 1.92. The van der Waals surface area contributed by atoms with Gasteiger partial charge in [-0.3, -0.25) is 0 Å². The van der Waals surface area contributed by atoms with Gasteiger partial charge in [0, 0.05) is 11.1 Å². The fraction of sp³-hybridized carbons (Fsp3) is 0.222. The van der Waals surface area contributed by atoms with Crippen molar-refractivity contribution in [2.75, 3.05) is 18.9 Å². The summed E-state index contributed by atoms with van der Waals surface area (Å²) in [6, 6.07) is 5.49. The number of aromatic nitrogens is 2. The Balaban J connectivity index is 2.42. The summed E-state index contributed by atoms with van der Waals surface area (Å²) in [5.41, 5.74) is 7.21. The van der Waals surface area contributed by atoms with Crippen LogP contribution in [-0.2, 0) is 0 Å². The van der Waals surface area contributed by atoms with Crippen LogP contribution in [0.2, 0.25) is 0 Å². The summed E-state index contributed by atoms with van der Waals surface area (Å²) >= 11 is 0. The fourth-order valence-corrected chi connectivity index (χ4v) is 1.28. The van der Waals surface area contributed by atoms with E-state index in [0.717, 1.165) is 10.9 Å². The van der Waals surface area contributed by atoms with Crippen molar-refractivity contribution >= 4 is 16.6 Å². The average molecular weight is 193 g/mol. The molecule has 1 aromatic carbocycles. The van der Waals surface area contributed by atoms with Crippen LogP contribution in [-0.4, -0.2) is 28.3 Å². The molecule has 0 aliphatic carbocycles. The summed E-state index contributed by atoms with van der Waals surface area (Å²) in [6.07, 6.45) is 1.64. The molecule has 5 nitrogen and oxygen atoms in total. The van der Waals surface area contributed by atoms with Crippen molar-refractivity contribution < 1.29 is 9.94 Å². The molecule has 0 amide bonds. The van der Waals surface area contributed by atoms with E-state index in [2.05, 4.69) is 5.10 Å². The van der Waals surface area contributed by atoms with Crippen LogP contribution < -0.4 is 10.6 Å². The Labute approximate surface area is 80.7 Å². The first-order chi connectivity index (χ1) is 6.83. The van der Waals surface area contributed by atoms with Gasteiger partial charge < -0.3 is 15.7 Å². The second-order valence-corrected chi connectivity index (χ2v) is 2.85. The molecule has 1 aromatic heterocycles. The molecular weight excluding hydrogens is 182 g/mol. The molecule has 0 spiro atoms. The van der Waals surface area contributed by atoms with Gasteiger partial charge >= 0.3 is 0 Å². The molecule has 2 rings (SSSR count). The Kier molecular flexibility index (Phi) is 2.24. The van der Waals surface area contributed by atoms with Crippen LogP contribution in [0.4, 0.5) is 5.69 Å². The highest BCUT2D eigenvalue weighted by atomic mass is 16.7. The summed E-state index contributed by atoms with van der Waals surface area (Å²) in [4.78, 5) is 6.53. The molecule has 3 N–H and O–H groups in total. The van der Waals surface area contributed by atoms with Crippen LogP contribution in [0.3, 0.4) is 0 Å². The summed E-state index contributed by atoms with van der Waals surface area (Å²) in [5.74, 6) is 0. The van der Waals surface area contributed by atoms with E-state index in [4.69, 9.17) is 15.7 Å². The Morgan fingerprint density at radius 1 is 1.50 bits per heavy atom. The number of hydrogen-bond acceptors (Lipinski definition) is 4. The first-order valence-corrected chi connectivity index (χ1v) is 4.29. The van der Waals surface area contributed by atoms with E-state index in [-0.39, 0.29) is 13.2 Å². The maximum absolute atomic E-state index is 8.60. The number of nitrogens with two attached hydrogens (primary N) is 1. The molecule has 0 unspecified atom stereocenters. The molecule has 0 aliphatic rings. The van der Waals surface area contributed by atoms with Crippen molar-refractivity contribution in [3.63, 3.8) is 0 Å². The Hall–Kier alpha value is -1.75. The second kappa shape index (κ2) is 3.55. The highest BCUT2D eigenvalue weighted by Gasteiger charge is 2.04. The number of benzene rings is 1. The number of nitrogen functional groups attached to an aromatic ring is 1. The molecule has 0 atom stereocenters. The molecule has 2 aromatic rings. The highest BCUT2D eigenvalue weighted by molar-refractivity contribution is 5.89. The van der Waals surface area contributed by atoms with Gasteiger partial charge in [-0.15, -0.1) is 5.10 Å². The van der Waals surface area contributed by atoms with Gasteiger partial charge in [-0.25, -0.2) is 0 Å². The van der Waals surface area contributed by atoms with E-state index in [0.29, 0.717) is 5.69 Å². The summed E-state index contributed by atoms with van der Waals surface area (Å²) in [6.45, 7) is 0.176. The van der Waals surface area contributed by atoms with Crippen LogP contribution in [0, 0.1) is 0 Å². The third-order valence-electron chi connectivity index (χ3n) is 1.92. The van der Waals surface area contributed by atoms with Crippen LogP contribution >= 0.6 is 0 Å². The molecule has 1 heterocycles. The van der Waals surface area contributed by atoms with Crippen LogP contribution in [0.1, 0.15) is 0 Å². The molecule has 0 saturated heterocycles. The Morgan fingerprint density at radius 2 is 2.36 bits per heavy atom. The maximum Gasteiger partial charge on any atom is 0.140 e. The van der Waals surface area contributed by atoms with Crippen LogP contribution in [0.5, 0.6) is 0 Å². The SMILES string of the molecule is Nc1cccc2c1cnn2OCCO. The predicted octanol–water partition coefficient (Wildman–Crippen LogP) is 0.0394. The molecule has 0 saturated carbocycles.